The number of hydrogen-bond donors (Lipinski definition) is 1. The highest BCUT2D eigenvalue weighted by atomic mass is 15.1. The van der Waals surface area contributed by atoms with Crippen molar-refractivity contribution in [3.05, 3.63) is 155 Å². The molecular weight excluding hydrogens is 500 g/mol. The molecule has 198 valence electrons. The van der Waals surface area contributed by atoms with Gasteiger partial charge in [0.05, 0.1) is 23.3 Å². The van der Waals surface area contributed by atoms with Crippen LogP contribution in [0.5, 0.6) is 0 Å². The summed E-state index contributed by atoms with van der Waals surface area (Å²) in [5.41, 5.74) is 11.7. The maximum absolute atomic E-state index is 5.26. The summed E-state index contributed by atoms with van der Waals surface area (Å²) < 4.78 is 0. The Hall–Kier alpha value is -5.09. The molecule has 1 N–H and O–H groups in total. The van der Waals surface area contributed by atoms with Crippen molar-refractivity contribution < 1.29 is 0 Å². The van der Waals surface area contributed by atoms with Crippen molar-refractivity contribution in [3.63, 3.8) is 0 Å². The normalized spacial score (nSPS) is 16.4. The van der Waals surface area contributed by atoms with Crippen LogP contribution in [-0.2, 0) is 0 Å². The van der Waals surface area contributed by atoms with Gasteiger partial charge >= 0.3 is 0 Å². The Labute approximate surface area is 240 Å². The maximum atomic E-state index is 5.26. The maximum Gasteiger partial charge on any atom is 0.150 e. The fraction of sp³-hybridized carbons (Fsp3) is 0.108. The number of aryl methyl sites for hydroxylation is 2. The molecule has 2 atom stereocenters. The lowest BCUT2D eigenvalue weighted by Crippen LogP contribution is -2.26. The molecule has 0 unspecified atom stereocenters. The quantitative estimate of drug-likeness (QED) is 0.243. The summed E-state index contributed by atoms with van der Waals surface area (Å²) in [5.74, 6) is 0.762. The number of aliphatic imine (C=N–C) groups is 1. The molecule has 0 amide bonds. The third-order valence-electron chi connectivity index (χ3n) is 7.84. The molecule has 0 saturated carbocycles. The molecule has 1 aliphatic heterocycles. The third-order valence-corrected chi connectivity index (χ3v) is 7.84. The van der Waals surface area contributed by atoms with Crippen LogP contribution in [0.4, 0.5) is 0 Å². The van der Waals surface area contributed by atoms with Crippen molar-refractivity contribution in [1.82, 2.24) is 15.3 Å². The first-order chi connectivity index (χ1) is 20.1. The number of rotatable bonds is 5. The largest absolute Gasteiger partial charge is 0.359 e. The standard InChI is InChI=1S/C37H30N4/c1-24-13-17-26(18-14-24)30-21-22-31(27-19-15-25(2)16-20-27)36-35(30)38-23-32(39-36)37-40-33(28-9-5-3-6-10-28)34(41-37)29-11-7-4-8-12-29/h3-23,33-34H,1-2H3,(H,40,41)/t33-,34-/m0/s1. The SMILES string of the molecule is Cc1ccc(-c2ccc(-c3ccc(C)cc3)c3nc(C4=N[C@@H](c5ccccc5)[C@H](c5ccccc5)N4)cnc23)cc1. The molecule has 4 heteroatoms. The van der Waals surface area contributed by atoms with Gasteiger partial charge in [-0.3, -0.25) is 9.98 Å². The van der Waals surface area contributed by atoms with Crippen LogP contribution in [0.3, 0.4) is 0 Å². The second-order valence-corrected chi connectivity index (χ2v) is 10.7. The number of nitrogens with zero attached hydrogens (tertiary/aromatic N) is 3. The number of aromatic nitrogens is 2. The Kier molecular flexibility index (Phi) is 6.36. The zero-order chi connectivity index (χ0) is 27.8. The molecular formula is C37H30N4. The second kappa shape index (κ2) is 10.5. The minimum atomic E-state index is -0.0680. The van der Waals surface area contributed by atoms with Gasteiger partial charge in [-0.25, -0.2) is 4.98 Å². The van der Waals surface area contributed by atoms with Gasteiger partial charge in [0.25, 0.3) is 0 Å². The monoisotopic (exact) mass is 530 g/mol. The van der Waals surface area contributed by atoms with E-state index in [1.54, 1.807) is 0 Å². The Morgan fingerprint density at radius 2 is 1.10 bits per heavy atom. The molecule has 2 heterocycles. The molecule has 1 aromatic heterocycles. The summed E-state index contributed by atoms with van der Waals surface area (Å²) in [5, 5.41) is 3.70. The summed E-state index contributed by atoms with van der Waals surface area (Å²) in [6.45, 7) is 4.21. The molecule has 6 aromatic rings. The highest BCUT2D eigenvalue weighted by Crippen LogP contribution is 2.38. The lowest BCUT2D eigenvalue weighted by Gasteiger charge is -2.19. The van der Waals surface area contributed by atoms with Crippen LogP contribution in [0.2, 0.25) is 0 Å². The van der Waals surface area contributed by atoms with Crippen molar-refractivity contribution >= 4 is 16.9 Å². The van der Waals surface area contributed by atoms with Gasteiger partial charge in [-0.15, -0.1) is 0 Å². The van der Waals surface area contributed by atoms with E-state index in [4.69, 9.17) is 15.0 Å². The molecule has 4 nitrogen and oxygen atoms in total. The highest BCUT2D eigenvalue weighted by molar-refractivity contribution is 6.04. The number of fused-ring (bicyclic) bond motifs is 1. The van der Waals surface area contributed by atoms with Crippen molar-refractivity contribution in [2.24, 2.45) is 4.99 Å². The smallest absolute Gasteiger partial charge is 0.150 e. The van der Waals surface area contributed by atoms with Gasteiger partial charge in [-0.05, 0) is 36.1 Å². The Morgan fingerprint density at radius 1 is 0.561 bits per heavy atom. The Bertz CT molecular complexity index is 1860. The zero-order valence-electron chi connectivity index (χ0n) is 23.1. The van der Waals surface area contributed by atoms with E-state index in [9.17, 15) is 0 Å². The lowest BCUT2D eigenvalue weighted by atomic mass is 9.95. The molecule has 0 fully saturated rings. The van der Waals surface area contributed by atoms with Gasteiger partial charge in [0, 0.05) is 11.1 Å². The van der Waals surface area contributed by atoms with Crippen LogP contribution in [0.25, 0.3) is 33.3 Å². The molecule has 41 heavy (non-hydrogen) atoms. The van der Waals surface area contributed by atoms with E-state index in [1.165, 1.54) is 22.3 Å². The van der Waals surface area contributed by atoms with E-state index < -0.39 is 0 Å². The lowest BCUT2D eigenvalue weighted by molar-refractivity contribution is 0.572. The van der Waals surface area contributed by atoms with E-state index >= 15 is 0 Å². The van der Waals surface area contributed by atoms with Crippen LogP contribution in [0.15, 0.2) is 133 Å². The van der Waals surface area contributed by atoms with Gasteiger partial charge in [0.1, 0.15) is 17.6 Å². The van der Waals surface area contributed by atoms with E-state index in [2.05, 4.69) is 128 Å². The predicted molar refractivity (Wildman–Crippen MR) is 168 cm³/mol. The van der Waals surface area contributed by atoms with E-state index in [0.29, 0.717) is 0 Å². The van der Waals surface area contributed by atoms with Crippen molar-refractivity contribution in [2.75, 3.05) is 0 Å². The topological polar surface area (TPSA) is 50.2 Å². The number of hydrogen-bond acceptors (Lipinski definition) is 4. The van der Waals surface area contributed by atoms with Gasteiger partial charge in [-0.2, -0.15) is 0 Å². The number of nitrogens with one attached hydrogen (secondary N) is 1. The van der Waals surface area contributed by atoms with E-state index in [0.717, 1.165) is 44.8 Å². The molecule has 0 spiro atoms. The number of benzene rings is 5. The van der Waals surface area contributed by atoms with Crippen LogP contribution >= 0.6 is 0 Å². The summed E-state index contributed by atoms with van der Waals surface area (Å²) in [6, 6.07) is 42.4. The van der Waals surface area contributed by atoms with Crippen molar-refractivity contribution in [1.29, 1.82) is 0 Å². The summed E-state index contributed by atoms with van der Waals surface area (Å²) in [6.07, 6.45) is 1.86. The van der Waals surface area contributed by atoms with E-state index in [-0.39, 0.29) is 12.1 Å². The van der Waals surface area contributed by atoms with Gasteiger partial charge in [0.15, 0.2) is 0 Å². The minimum absolute atomic E-state index is 0.00144. The average molecular weight is 531 g/mol. The first-order valence-corrected chi connectivity index (χ1v) is 14.0. The fourth-order valence-electron chi connectivity index (χ4n) is 5.61. The Morgan fingerprint density at radius 3 is 1.68 bits per heavy atom. The highest BCUT2D eigenvalue weighted by Gasteiger charge is 2.32. The number of amidine groups is 1. The van der Waals surface area contributed by atoms with Crippen molar-refractivity contribution in [3.8, 4) is 22.3 Å². The van der Waals surface area contributed by atoms with Crippen LogP contribution in [0, 0.1) is 13.8 Å². The predicted octanol–water partition coefficient (Wildman–Crippen LogP) is 8.41. The van der Waals surface area contributed by atoms with Crippen molar-refractivity contribution in [2.45, 2.75) is 25.9 Å². The van der Waals surface area contributed by atoms with Gasteiger partial charge in [0.2, 0.25) is 0 Å². The molecule has 0 bridgehead atoms. The van der Waals surface area contributed by atoms with Crippen LogP contribution < -0.4 is 5.32 Å². The van der Waals surface area contributed by atoms with Crippen LogP contribution in [0.1, 0.15) is 40.0 Å². The fourth-order valence-corrected chi connectivity index (χ4v) is 5.61. The molecule has 1 aliphatic rings. The summed E-state index contributed by atoms with van der Waals surface area (Å²) >= 11 is 0. The summed E-state index contributed by atoms with van der Waals surface area (Å²) in [4.78, 5) is 15.5. The first kappa shape index (κ1) is 24.9. The molecule has 0 saturated heterocycles. The van der Waals surface area contributed by atoms with E-state index in [1.807, 2.05) is 18.3 Å². The molecule has 0 radical (unpaired) electrons. The zero-order valence-corrected chi connectivity index (χ0v) is 23.1. The van der Waals surface area contributed by atoms with Gasteiger partial charge < -0.3 is 5.32 Å². The Balaban J connectivity index is 1.38. The van der Waals surface area contributed by atoms with Gasteiger partial charge in [-0.1, -0.05) is 132 Å². The minimum Gasteiger partial charge on any atom is -0.359 e. The molecule has 5 aromatic carbocycles. The molecule has 7 rings (SSSR count). The van der Waals surface area contributed by atoms with Crippen LogP contribution in [-0.4, -0.2) is 15.8 Å². The average Bonchev–Trinajstić information content (AvgIpc) is 3.48. The first-order valence-electron chi connectivity index (χ1n) is 14.0. The third kappa shape index (κ3) is 4.78. The summed E-state index contributed by atoms with van der Waals surface area (Å²) in [7, 11) is 0. The second-order valence-electron chi connectivity index (χ2n) is 10.7. The molecule has 0 aliphatic carbocycles.